The number of rotatable bonds is 7. The molecule has 0 aromatic heterocycles. The van der Waals surface area contributed by atoms with Crippen molar-refractivity contribution < 1.29 is 23.9 Å². The standard InChI is InChI=1S/C23H27N3O5/c1-4-31-22(28)15(2)25-23(29)24-14-16-5-6-17-11-12-26(20(17)13-16)21(27)18-7-9-19(30-3)10-8-18/h5-10,13,15H,4,11-12,14H2,1-3H3,(H2,24,25,29). The Kier molecular flexibility index (Phi) is 7.12. The van der Waals surface area contributed by atoms with Gasteiger partial charge < -0.3 is 25.0 Å². The summed E-state index contributed by atoms with van der Waals surface area (Å²) in [6.45, 7) is 4.40. The predicted molar refractivity (Wildman–Crippen MR) is 116 cm³/mol. The monoisotopic (exact) mass is 425 g/mol. The molecule has 2 aromatic carbocycles. The van der Waals surface area contributed by atoms with Crippen molar-refractivity contribution in [2.24, 2.45) is 0 Å². The zero-order valence-electron chi connectivity index (χ0n) is 17.9. The zero-order chi connectivity index (χ0) is 22.4. The van der Waals surface area contributed by atoms with Gasteiger partial charge in [-0.15, -0.1) is 0 Å². The maximum absolute atomic E-state index is 13.0. The number of anilines is 1. The van der Waals surface area contributed by atoms with Crippen molar-refractivity contribution in [1.82, 2.24) is 10.6 Å². The average Bonchev–Trinajstić information content (AvgIpc) is 3.20. The van der Waals surface area contributed by atoms with Gasteiger partial charge >= 0.3 is 12.0 Å². The summed E-state index contributed by atoms with van der Waals surface area (Å²) in [4.78, 5) is 38.4. The number of hydrogen-bond acceptors (Lipinski definition) is 5. The summed E-state index contributed by atoms with van der Waals surface area (Å²) in [5, 5.41) is 5.28. The molecule has 8 heteroatoms. The van der Waals surface area contributed by atoms with Gasteiger partial charge in [-0.3, -0.25) is 4.79 Å². The van der Waals surface area contributed by atoms with E-state index in [1.165, 1.54) is 0 Å². The number of urea groups is 1. The average molecular weight is 425 g/mol. The van der Waals surface area contributed by atoms with E-state index in [4.69, 9.17) is 9.47 Å². The number of nitrogens with zero attached hydrogens (tertiary/aromatic N) is 1. The van der Waals surface area contributed by atoms with Crippen LogP contribution in [0.1, 0.15) is 35.3 Å². The summed E-state index contributed by atoms with van der Waals surface area (Å²) >= 11 is 0. The van der Waals surface area contributed by atoms with E-state index in [9.17, 15) is 14.4 Å². The van der Waals surface area contributed by atoms with E-state index < -0.39 is 18.0 Å². The van der Waals surface area contributed by atoms with Crippen molar-refractivity contribution in [1.29, 1.82) is 0 Å². The van der Waals surface area contributed by atoms with Crippen LogP contribution in [0.5, 0.6) is 5.75 Å². The number of fused-ring (bicyclic) bond motifs is 1. The summed E-state index contributed by atoms with van der Waals surface area (Å²) in [5.74, 6) is 0.137. The molecule has 1 unspecified atom stereocenters. The fraction of sp³-hybridized carbons (Fsp3) is 0.348. The Labute approximate surface area is 181 Å². The van der Waals surface area contributed by atoms with Crippen LogP contribution in [0.25, 0.3) is 0 Å². The van der Waals surface area contributed by atoms with Crippen LogP contribution in [-0.4, -0.2) is 44.2 Å². The SMILES string of the molecule is CCOC(=O)C(C)NC(=O)NCc1ccc2c(c1)N(C(=O)c1ccc(OC)cc1)CC2. The molecule has 3 amide bonds. The summed E-state index contributed by atoms with van der Waals surface area (Å²) in [5.41, 5.74) is 3.38. The first kappa shape index (κ1) is 22.1. The maximum atomic E-state index is 13.0. The van der Waals surface area contributed by atoms with E-state index in [1.54, 1.807) is 50.1 Å². The van der Waals surface area contributed by atoms with E-state index >= 15 is 0 Å². The van der Waals surface area contributed by atoms with Crippen molar-refractivity contribution in [3.8, 4) is 5.75 Å². The van der Waals surface area contributed by atoms with Crippen LogP contribution in [0.15, 0.2) is 42.5 Å². The van der Waals surface area contributed by atoms with Gasteiger partial charge in [-0.1, -0.05) is 12.1 Å². The Morgan fingerprint density at radius 3 is 2.55 bits per heavy atom. The lowest BCUT2D eigenvalue weighted by Crippen LogP contribution is -2.44. The number of esters is 1. The molecule has 0 bridgehead atoms. The normalized spacial score (nSPS) is 13.2. The third-order valence-corrected chi connectivity index (χ3v) is 5.07. The highest BCUT2D eigenvalue weighted by molar-refractivity contribution is 6.07. The van der Waals surface area contributed by atoms with Crippen LogP contribution >= 0.6 is 0 Å². The minimum Gasteiger partial charge on any atom is -0.497 e. The minimum atomic E-state index is -0.738. The number of benzene rings is 2. The maximum Gasteiger partial charge on any atom is 0.328 e. The smallest absolute Gasteiger partial charge is 0.328 e. The first-order valence-corrected chi connectivity index (χ1v) is 10.2. The molecule has 2 aromatic rings. The van der Waals surface area contributed by atoms with Gasteiger partial charge in [-0.25, -0.2) is 9.59 Å². The van der Waals surface area contributed by atoms with Crippen LogP contribution in [0.4, 0.5) is 10.5 Å². The van der Waals surface area contributed by atoms with Crippen molar-refractivity contribution in [3.05, 3.63) is 59.2 Å². The minimum absolute atomic E-state index is 0.0764. The molecule has 0 radical (unpaired) electrons. The lowest BCUT2D eigenvalue weighted by Gasteiger charge is -2.19. The summed E-state index contributed by atoms with van der Waals surface area (Å²) < 4.78 is 10.0. The predicted octanol–water partition coefficient (Wildman–Crippen LogP) is 2.65. The van der Waals surface area contributed by atoms with Crippen LogP contribution < -0.4 is 20.3 Å². The van der Waals surface area contributed by atoms with E-state index in [0.29, 0.717) is 17.9 Å². The number of methoxy groups -OCH3 is 1. The van der Waals surface area contributed by atoms with E-state index in [2.05, 4.69) is 10.6 Å². The van der Waals surface area contributed by atoms with Crippen molar-refractivity contribution >= 4 is 23.6 Å². The molecular formula is C23H27N3O5. The summed E-state index contributed by atoms with van der Waals surface area (Å²) in [7, 11) is 1.58. The first-order chi connectivity index (χ1) is 14.9. The Balaban J connectivity index is 1.63. The van der Waals surface area contributed by atoms with Crippen LogP contribution in [0.2, 0.25) is 0 Å². The Morgan fingerprint density at radius 2 is 1.87 bits per heavy atom. The van der Waals surface area contributed by atoms with E-state index in [1.807, 2.05) is 18.2 Å². The van der Waals surface area contributed by atoms with E-state index in [0.717, 1.165) is 23.2 Å². The highest BCUT2D eigenvalue weighted by Gasteiger charge is 2.26. The molecule has 1 heterocycles. The molecule has 31 heavy (non-hydrogen) atoms. The molecular weight excluding hydrogens is 398 g/mol. The second-order valence-electron chi connectivity index (χ2n) is 7.20. The lowest BCUT2D eigenvalue weighted by molar-refractivity contribution is -0.144. The highest BCUT2D eigenvalue weighted by atomic mass is 16.5. The molecule has 0 saturated heterocycles. The molecule has 164 valence electrons. The zero-order valence-corrected chi connectivity index (χ0v) is 17.9. The quantitative estimate of drug-likeness (QED) is 0.665. The molecule has 8 nitrogen and oxygen atoms in total. The van der Waals surface area contributed by atoms with Gasteiger partial charge in [0, 0.05) is 24.3 Å². The fourth-order valence-electron chi connectivity index (χ4n) is 3.39. The Bertz CT molecular complexity index is 958. The second-order valence-corrected chi connectivity index (χ2v) is 7.20. The molecule has 0 spiro atoms. The Morgan fingerprint density at radius 1 is 1.13 bits per heavy atom. The number of amides is 3. The van der Waals surface area contributed by atoms with E-state index in [-0.39, 0.29) is 19.1 Å². The second kappa shape index (κ2) is 9.97. The third-order valence-electron chi connectivity index (χ3n) is 5.07. The van der Waals surface area contributed by atoms with Crippen molar-refractivity contribution in [2.45, 2.75) is 32.9 Å². The van der Waals surface area contributed by atoms with Crippen molar-refractivity contribution in [2.75, 3.05) is 25.2 Å². The van der Waals surface area contributed by atoms with Gasteiger partial charge in [0.2, 0.25) is 0 Å². The number of carbonyl (C=O) groups excluding carboxylic acids is 3. The molecule has 2 N–H and O–H groups in total. The molecule has 3 rings (SSSR count). The number of carbonyl (C=O) groups is 3. The molecule has 0 saturated carbocycles. The highest BCUT2D eigenvalue weighted by Crippen LogP contribution is 2.30. The molecule has 1 atom stereocenters. The molecule has 1 aliphatic rings. The molecule has 1 aliphatic heterocycles. The van der Waals surface area contributed by atoms with Gasteiger partial charge in [0.25, 0.3) is 5.91 Å². The Hall–Kier alpha value is -3.55. The molecule has 0 aliphatic carbocycles. The van der Waals surface area contributed by atoms with Crippen LogP contribution in [0.3, 0.4) is 0 Å². The van der Waals surface area contributed by atoms with Gasteiger partial charge in [0.1, 0.15) is 11.8 Å². The number of nitrogens with one attached hydrogen (secondary N) is 2. The lowest BCUT2D eigenvalue weighted by atomic mass is 10.1. The van der Waals surface area contributed by atoms with Gasteiger partial charge in [-0.05, 0) is 61.7 Å². The number of hydrogen-bond donors (Lipinski definition) is 2. The van der Waals surface area contributed by atoms with Gasteiger partial charge in [0.15, 0.2) is 0 Å². The summed E-state index contributed by atoms with van der Waals surface area (Å²) in [6.07, 6.45) is 0.780. The summed E-state index contributed by atoms with van der Waals surface area (Å²) in [6, 6.07) is 11.6. The largest absolute Gasteiger partial charge is 0.497 e. The topological polar surface area (TPSA) is 97.0 Å². The fourth-order valence-corrected chi connectivity index (χ4v) is 3.39. The first-order valence-electron chi connectivity index (χ1n) is 10.2. The van der Waals surface area contributed by atoms with Gasteiger partial charge in [-0.2, -0.15) is 0 Å². The van der Waals surface area contributed by atoms with Crippen LogP contribution in [-0.2, 0) is 22.5 Å². The number of ether oxygens (including phenoxy) is 2. The van der Waals surface area contributed by atoms with Crippen LogP contribution in [0, 0.1) is 0 Å². The van der Waals surface area contributed by atoms with Gasteiger partial charge in [0.05, 0.1) is 13.7 Å². The molecule has 0 fully saturated rings. The van der Waals surface area contributed by atoms with Crippen molar-refractivity contribution in [3.63, 3.8) is 0 Å². The third kappa shape index (κ3) is 5.33.